The summed E-state index contributed by atoms with van der Waals surface area (Å²) < 4.78 is 28.9. The Morgan fingerprint density at radius 1 is 1.13 bits per heavy atom. The second kappa shape index (κ2) is 8.11. The summed E-state index contributed by atoms with van der Waals surface area (Å²) in [6.45, 7) is 4.11. The van der Waals surface area contributed by atoms with Gasteiger partial charge in [-0.25, -0.2) is 0 Å². The molecule has 0 aliphatic carbocycles. The van der Waals surface area contributed by atoms with Crippen molar-refractivity contribution in [3.8, 4) is 5.75 Å². The fraction of sp³-hybridized carbons (Fsp3) is 0.312. The molecule has 0 spiro atoms. The Balaban J connectivity index is 2.34. The number of nitrogens with one attached hydrogen (secondary N) is 1. The van der Waals surface area contributed by atoms with Crippen molar-refractivity contribution in [1.29, 1.82) is 0 Å². The van der Waals surface area contributed by atoms with Gasteiger partial charge in [-0.1, -0.05) is 30.4 Å². The zero-order valence-corrected chi connectivity index (χ0v) is 14.4. The summed E-state index contributed by atoms with van der Waals surface area (Å²) in [5, 5.41) is 6.70. The van der Waals surface area contributed by atoms with Crippen LogP contribution in [0.2, 0.25) is 0 Å². The van der Waals surface area contributed by atoms with Crippen molar-refractivity contribution in [3.63, 3.8) is 0 Å². The van der Waals surface area contributed by atoms with Gasteiger partial charge >= 0.3 is 7.60 Å². The smallest absolute Gasteiger partial charge is 0.379 e. The number of methoxy groups -OCH3 is 1. The standard InChI is InChI=1S/C16H21N2O4P/c1-4-21-23(19,22-5-2)16-14(12-17-18-16)11-10-13-8-6-7-9-15(13)20-3/h6-12H,4-5H2,1-3H3,(H,17,18)/b11-10+. The lowest BCUT2D eigenvalue weighted by Gasteiger charge is -2.15. The van der Waals surface area contributed by atoms with Crippen molar-refractivity contribution in [1.82, 2.24) is 10.2 Å². The number of ether oxygens (including phenoxy) is 1. The lowest BCUT2D eigenvalue weighted by Crippen LogP contribution is -2.14. The molecule has 23 heavy (non-hydrogen) atoms. The predicted octanol–water partition coefficient (Wildman–Crippen LogP) is 3.48. The summed E-state index contributed by atoms with van der Waals surface area (Å²) in [6, 6.07) is 7.63. The number of para-hydroxylation sites is 1. The van der Waals surface area contributed by atoms with E-state index in [9.17, 15) is 4.57 Å². The molecule has 0 fully saturated rings. The molecule has 0 unspecified atom stereocenters. The maximum atomic E-state index is 12.9. The van der Waals surface area contributed by atoms with Crippen LogP contribution >= 0.6 is 7.60 Å². The Hall–Kier alpha value is -1.88. The second-order valence-electron chi connectivity index (χ2n) is 4.58. The Morgan fingerprint density at radius 2 is 1.78 bits per heavy atom. The van der Waals surface area contributed by atoms with E-state index >= 15 is 0 Å². The van der Waals surface area contributed by atoms with Crippen molar-refractivity contribution in [3.05, 3.63) is 41.6 Å². The van der Waals surface area contributed by atoms with Gasteiger partial charge in [0.05, 0.1) is 26.5 Å². The number of nitrogens with zero attached hydrogens (tertiary/aromatic N) is 1. The van der Waals surface area contributed by atoms with Crippen LogP contribution in [0.1, 0.15) is 25.0 Å². The molecule has 124 valence electrons. The van der Waals surface area contributed by atoms with E-state index in [0.717, 1.165) is 11.3 Å². The van der Waals surface area contributed by atoms with Crippen LogP contribution in [-0.4, -0.2) is 30.5 Å². The third-order valence-electron chi connectivity index (χ3n) is 3.10. The quantitative estimate of drug-likeness (QED) is 0.747. The van der Waals surface area contributed by atoms with Gasteiger partial charge in [0.15, 0.2) is 5.44 Å². The summed E-state index contributed by atoms with van der Waals surface area (Å²) >= 11 is 0. The second-order valence-corrected chi connectivity index (χ2v) is 6.54. The van der Waals surface area contributed by atoms with Gasteiger partial charge in [0.25, 0.3) is 0 Å². The monoisotopic (exact) mass is 336 g/mol. The molecule has 6 nitrogen and oxygen atoms in total. The number of rotatable bonds is 8. The van der Waals surface area contributed by atoms with E-state index in [-0.39, 0.29) is 13.2 Å². The fourth-order valence-corrected chi connectivity index (χ4v) is 3.76. The zero-order chi connectivity index (χ0) is 16.7. The summed E-state index contributed by atoms with van der Waals surface area (Å²) in [7, 11) is -1.78. The van der Waals surface area contributed by atoms with Crippen LogP contribution < -0.4 is 10.2 Å². The molecule has 0 bridgehead atoms. The normalized spacial score (nSPS) is 12.0. The molecule has 2 rings (SSSR count). The van der Waals surface area contributed by atoms with E-state index in [1.165, 1.54) is 0 Å². The molecule has 0 aliphatic heterocycles. The van der Waals surface area contributed by atoms with E-state index < -0.39 is 7.60 Å². The minimum Gasteiger partial charge on any atom is -0.496 e. The number of aromatic nitrogens is 2. The van der Waals surface area contributed by atoms with Gasteiger partial charge in [0.2, 0.25) is 0 Å². The van der Waals surface area contributed by atoms with Crippen molar-refractivity contribution >= 4 is 25.2 Å². The van der Waals surface area contributed by atoms with Gasteiger partial charge in [0, 0.05) is 11.1 Å². The zero-order valence-electron chi connectivity index (χ0n) is 13.5. The molecule has 0 aliphatic rings. The van der Waals surface area contributed by atoms with Gasteiger partial charge in [-0.15, -0.1) is 0 Å². The Morgan fingerprint density at radius 3 is 2.43 bits per heavy atom. The topological polar surface area (TPSA) is 73.4 Å². The third-order valence-corrected chi connectivity index (χ3v) is 5.20. The molecule has 0 radical (unpaired) electrons. The van der Waals surface area contributed by atoms with E-state index in [0.29, 0.717) is 11.0 Å². The predicted molar refractivity (Wildman–Crippen MR) is 91.0 cm³/mol. The van der Waals surface area contributed by atoms with Gasteiger partial charge in [-0.3, -0.25) is 9.66 Å². The van der Waals surface area contributed by atoms with Crippen molar-refractivity contribution in [2.45, 2.75) is 13.8 Å². The third kappa shape index (κ3) is 4.10. The average molecular weight is 336 g/mol. The lowest BCUT2D eigenvalue weighted by atomic mass is 10.1. The van der Waals surface area contributed by atoms with Gasteiger partial charge < -0.3 is 13.8 Å². The van der Waals surface area contributed by atoms with Gasteiger partial charge in [-0.2, -0.15) is 5.10 Å². The van der Waals surface area contributed by atoms with Crippen LogP contribution in [0.15, 0.2) is 30.5 Å². The lowest BCUT2D eigenvalue weighted by molar-refractivity contribution is 0.229. The molecular formula is C16H21N2O4P. The van der Waals surface area contributed by atoms with E-state index in [1.807, 2.05) is 30.3 Å². The number of H-pyrrole nitrogens is 1. The van der Waals surface area contributed by atoms with Crippen LogP contribution in [0.3, 0.4) is 0 Å². The molecule has 1 aromatic carbocycles. The number of benzene rings is 1. The first-order chi connectivity index (χ1) is 11.1. The molecule has 1 N–H and O–H groups in total. The summed E-state index contributed by atoms with van der Waals surface area (Å²) in [5.74, 6) is 0.756. The minimum absolute atomic E-state index is 0.284. The largest absolute Gasteiger partial charge is 0.496 e. The Kier molecular flexibility index (Phi) is 6.16. The van der Waals surface area contributed by atoms with Crippen LogP contribution in [0.25, 0.3) is 12.2 Å². The van der Waals surface area contributed by atoms with E-state index in [4.69, 9.17) is 13.8 Å². The Labute approximate surface area is 136 Å². The van der Waals surface area contributed by atoms with Crippen molar-refractivity contribution in [2.75, 3.05) is 20.3 Å². The number of hydrogen-bond donors (Lipinski definition) is 1. The van der Waals surface area contributed by atoms with Crippen LogP contribution in [-0.2, 0) is 13.6 Å². The molecule has 1 aromatic heterocycles. The van der Waals surface area contributed by atoms with Crippen LogP contribution in [0, 0.1) is 0 Å². The van der Waals surface area contributed by atoms with Crippen molar-refractivity contribution in [2.24, 2.45) is 0 Å². The van der Waals surface area contributed by atoms with Crippen LogP contribution in [0.5, 0.6) is 5.75 Å². The minimum atomic E-state index is -3.40. The first-order valence-electron chi connectivity index (χ1n) is 7.38. The molecule has 0 atom stereocenters. The number of hydrogen-bond acceptors (Lipinski definition) is 5. The summed E-state index contributed by atoms with van der Waals surface area (Å²) in [4.78, 5) is 0. The highest BCUT2D eigenvalue weighted by Gasteiger charge is 2.31. The highest BCUT2D eigenvalue weighted by atomic mass is 31.2. The maximum Gasteiger partial charge on any atom is 0.379 e. The Bertz CT molecular complexity index is 702. The summed E-state index contributed by atoms with van der Waals surface area (Å²) in [5.41, 5.74) is 1.92. The van der Waals surface area contributed by atoms with Gasteiger partial charge in [0.1, 0.15) is 5.75 Å². The SMILES string of the molecule is CCOP(=O)(OCC)c1[nH]ncc1/C=C/c1ccccc1OC. The maximum absolute atomic E-state index is 12.9. The van der Waals surface area contributed by atoms with E-state index in [1.54, 1.807) is 33.2 Å². The average Bonchev–Trinajstić information content (AvgIpc) is 3.03. The van der Waals surface area contributed by atoms with Gasteiger partial charge in [-0.05, 0) is 19.9 Å². The molecule has 7 heteroatoms. The van der Waals surface area contributed by atoms with Crippen molar-refractivity contribution < 1.29 is 18.3 Å². The molecule has 0 amide bonds. The highest BCUT2D eigenvalue weighted by molar-refractivity contribution is 7.62. The fourth-order valence-electron chi connectivity index (χ4n) is 2.12. The first kappa shape index (κ1) is 17.5. The molecule has 0 saturated heterocycles. The highest BCUT2D eigenvalue weighted by Crippen LogP contribution is 2.47. The molecule has 1 heterocycles. The van der Waals surface area contributed by atoms with E-state index in [2.05, 4.69) is 10.2 Å². The molecule has 0 saturated carbocycles. The molecule has 2 aromatic rings. The number of aromatic amines is 1. The first-order valence-corrected chi connectivity index (χ1v) is 8.93. The summed E-state index contributed by atoms with van der Waals surface area (Å²) in [6.07, 6.45) is 5.27. The van der Waals surface area contributed by atoms with Crippen LogP contribution in [0.4, 0.5) is 0 Å². The molecular weight excluding hydrogens is 315 g/mol.